The molecule has 0 aliphatic rings. The van der Waals surface area contributed by atoms with Crippen LogP contribution in [0.5, 0.6) is 0 Å². The van der Waals surface area contributed by atoms with E-state index >= 15 is 0 Å². The van der Waals surface area contributed by atoms with E-state index in [-0.39, 0.29) is 5.82 Å². The topological polar surface area (TPSA) is 73.8 Å². The fourth-order valence-corrected chi connectivity index (χ4v) is 1.05. The molecule has 0 radical (unpaired) electrons. The Morgan fingerprint density at radius 3 is 2.79 bits per heavy atom. The van der Waals surface area contributed by atoms with Gasteiger partial charge in [0, 0.05) is 18.5 Å². The van der Waals surface area contributed by atoms with Crippen LogP contribution in [0, 0.1) is 10.1 Å². The molecule has 2 aromatic heterocycles. The predicted molar refractivity (Wildman–Crippen MR) is 48.0 cm³/mol. The molecule has 0 saturated heterocycles. The summed E-state index contributed by atoms with van der Waals surface area (Å²) in [5.74, 6) is -0.158. The maximum atomic E-state index is 10.3. The quantitative estimate of drug-likeness (QED) is 0.526. The van der Waals surface area contributed by atoms with E-state index in [0.717, 1.165) is 5.69 Å². The second-order valence-corrected chi connectivity index (χ2v) is 2.60. The highest BCUT2D eigenvalue weighted by Gasteiger charge is 2.06. The molecular weight excluding hydrogens is 184 g/mol. The number of pyridine rings is 1. The molecule has 14 heavy (non-hydrogen) atoms. The van der Waals surface area contributed by atoms with E-state index in [1.165, 1.54) is 12.3 Å². The molecule has 2 aromatic rings. The molecule has 0 fully saturated rings. The molecule has 0 aromatic carbocycles. The van der Waals surface area contributed by atoms with E-state index in [1.54, 1.807) is 29.4 Å². The zero-order valence-corrected chi connectivity index (χ0v) is 7.07. The molecule has 0 aliphatic carbocycles. The van der Waals surface area contributed by atoms with Crippen LogP contribution in [-0.4, -0.2) is 19.5 Å². The van der Waals surface area contributed by atoms with E-state index < -0.39 is 4.92 Å². The van der Waals surface area contributed by atoms with Crippen molar-refractivity contribution in [1.82, 2.24) is 14.5 Å². The summed E-state index contributed by atoms with van der Waals surface area (Å²) >= 11 is 0. The van der Waals surface area contributed by atoms with E-state index in [2.05, 4.69) is 9.97 Å². The van der Waals surface area contributed by atoms with Crippen molar-refractivity contribution in [3.8, 4) is 5.69 Å². The van der Waals surface area contributed by atoms with Crippen LogP contribution in [-0.2, 0) is 0 Å². The second-order valence-electron chi connectivity index (χ2n) is 2.60. The first kappa shape index (κ1) is 8.36. The number of aromatic nitrogens is 3. The van der Waals surface area contributed by atoms with Crippen LogP contribution in [0.15, 0.2) is 37.1 Å². The largest absolute Gasteiger partial charge is 0.363 e. The standard InChI is InChI=1S/C8H6N4O2/c13-12(14)8-2-1-7(5-10-8)11-4-3-9-6-11/h1-6H. The molecule has 0 atom stereocenters. The van der Waals surface area contributed by atoms with Crippen molar-refractivity contribution in [2.24, 2.45) is 0 Å². The van der Waals surface area contributed by atoms with E-state index in [0.29, 0.717) is 0 Å². The van der Waals surface area contributed by atoms with Crippen LogP contribution >= 0.6 is 0 Å². The lowest BCUT2D eigenvalue weighted by atomic mass is 10.4. The third-order valence-corrected chi connectivity index (χ3v) is 1.72. The summed E-state index contributed by atoms with van der Waals surface area (Å²) in [4.78, 5) is 17.3. The van der Waals surface area contributed by atoms with Gasteiger partial charge < -0.3 is 14.7 Å². The molecular formula is C8H6N4O2. The average molecular weight is 190 g/mol. The molecule has 0 spiro atoms. The minimum absolute atomic E-state index is 0.158. The van der Waals surface area contributed by atoms with Crippen LogP contribution in [0.4, 0.5) is 5.82 Å². The molecule has 0 bridgehead atoms. The Labute approximate surface area is 79.0 Å². The van der Waals surface area contributed by atoms with Crippen molar-refractivity contribution in [3.63, 3.8) is 0 Å². The van der Waals surface area contributed by atoms with Gasteiger partial charge in [-0.05, 0) is 16.0 Å². The molecule has 2 heterocycles. The van der Waals surface area contributed by atoms with Gasteiger partial charge in [-0.15, -0.1) is 0 Å². The highest BCUT2D eigenvalue weighted by atomic mass is 16.6. The molecule has 0 N–H and O–H groups in total. The Bertz CT molecular complexity index is 435. The first-order valence-corrected chi connectivity index (χ1v) is 3.86. The molecule has 2 rings (SSSR count). The van der Waals surface area contributed by atoms with Crippen molar-refractivity contribution < 1.29 is 4.92 Å². The smallest absolute Gasteiger partial charge is 0.358 e. The first-order chi connectivity index (χ1) is 6.77. The second kappa shape index (κ2) is 3.25. The maximum Gasteiger partial charge on any atom is 0.363 e. The summed E-state index contributed by atoms with van der Waals surface area (Å²) in [6.45, 7) is 0. The van der Waals surface area contributed by atoms with Crippen LogP contribution in [0.25, 0.3) is 5.69 Å². The normalized spacial score (nSPS) is 10.0. The number of rotatable bonds is 2. The third kappa shape index (κ3) is 1.45. The van der Waals surface area contributed by atoms with E-state index in [1.807, 2.05) is 0 Å². The third-order valence-electron chi connectivity index (χ3n) is 1.72. The molecule has 70 valence electrons. The van der Waals surface area contributed by atoms with Gasteiger partial charge in [0.15, 0.2) is 6.20 Å². The lowest BCUT2D eigenvalue weighted by molar-refractivity contribution is -0.389. The number of hydrogen-bond donors (Lipinski definition) is 0. The summed E-state index contributed by atoms with van der Waals surface area (Å²) < 4.78 is 1.72. The van der Waals surface area contributed by atoms with Crippen LogP contribution < -0.4 is 0 Å². The van der Waals surface area contributed by atoms with Crippen molar-refractivity contribution >= 4 is 5.82 Å². The molecule has 0 aliphatic heterocycles. The summed E-state index contributed by atoms with van der Waals surface area (Å²) in [6, 6.07) is 2.97. The summed E-state index contributed by atoms with van der Waals surface area (Å²) in [7, 11) is 0. The highest BCUT2D eigenvalue weighted by molar-refractivity contribution is 5.33. The molecule has 6 heteroatoms. The number of imidazole rings is 1. The SMILES string of the molecule is O=[N+]([O-])c1ccc(-n2ccnc2)cn1. The fourth-order valence-electron chi connectivity index (χ4n) is 1.05. The lowest BCUT2D eigenvalue weighted by Crippen LogP contribution is -1.94. The average Bonchev–Trinajstić information content (AvgIpc) is 2.71. The maximum absolute atomic E-state index is 10.3. The van der Waals surface area contributed by atoms with E-state index in [4.69, 9.17) is 0 Å². The molecule has 0 amide bonds. The number of hydrogen-bond acceptors (Lipinski definition) is 4. The lowest BCUT2D eigenvalue weighted by Gasteiger charge is -1.97. The van der Waals surface area contributed by atoms with Gasteiger partial charge >= 0.3 is 5.82 Å². The van der Waals surface area contributed by atoms with Crippen LogP contribution in [0.2, 0.25) is 0 Å². The van der Waals surface area contributed by atoms with E-state index in [9.17, 15) is 10.1 Å². The van der Waals surface area contributed by atoms with Gasteiger partial charge in [-0.1, -0.05) is 0 Å². The summed E-state index contributed by atoms with van der Waals surface area (Å²) in [5.41, 5.74) is 0.744. The zero-order chi connectivity index (χ0) is 9.97. The number of nitro groups is 1. The van der Waals surface area contributed by atoms with Crippen molar-refractivity contribution in [1.29, 1.82) is 0 Å². The monoisotopic (exact) mass is 190 g/mol. The van der Waals surface area contributed by atoms with Gasteiger partial charge in [-0.3, -0.25) is 0 Å². The van der Waals surface area contributed by atoms with Crippen LogP contribution in [0.1, 0.15) is 0 Å². The van der Waals surface area contributed by atoms with Gasteiger partial charge in [0.25, 0.3) is 0 Å². The minimum atomic E-state index is -0.530. The predicted octanol–water partition coefficient (Wildman–Crippen LogP) is 1.18. The summed E-state index contributed by atoms with van der Waals surface area (Å²) in [5, 5.41) is 10.3. The Kier molecular flexibility index (Phi) is 1.94. The van der Waals surface area contributed by atoms with Gasteiger partial charge in [0.1, 0.15) is 0 Å². The summed E-state index contributed by atoms with van der Waals surface area (Å²) in [6.07, 6.45) is 6.40. The van der Waals surface area contributed by atoms with Gasteiger partial charge in [-0.25, -0.2) is 4.98 Å². The Morgan fingerprint density at radius 2 is 2.29 bits per heavy atom. The van der Waals surface area contributed by atoms with Crippen molar-refractivity contribution in [2.45, 2.75) is 0 Å². The minimum Gasteiger partial charge on any atom is -0.358 e. The molecule has 6 nitrogen and oxygen atoms in total. The number of nitrogens with zero attached hydrogens (tertiary/aromatic N) is 4. The first-order valence-electron chi connectivity index (χ1n) is 3.86. The van der Waals surface area contributed by atoms with Gasteiger partial charge in [0.2, 0.25) is 0 Å². The van der Waals surface area contributed by atoms with Crippen molar-refractivity contribution in [2.75, 3.05) is 0 Å². The fraction of sp³-hybridized carbons (Fsp3) is 0. The Hall–Kier alpha value is -2.24. The van der Waals surface area contributed by atoms with Crippen LogP contribution in [0.3, 0.4) is 0 Å². The van der Waals surface area contributed by atoms with Crippen molar-refractivity contribution in [3.05, 3.63) is 47.2 Å². The Morgan fingerprint density at radius 1 is 1.43 bits per heavy atom. The Balaban J connectivity index is 2.36. The molecule has 0 saturated carbocycles. The zero-order valence-electron chi connectivity index (χ0n) is 7.07. The highest BCUT2D eigenvalue weighted by Crippen LogP contribution is 2.10. The van der Waals surface area contributed by atoms with Gasteiger partial charge in [0.05, 0.1) is 12.0 Å². The molecule has 0 unspecified atom stereocenters. The van der Waals surface area contributed by atoms with Gasteiger partial charge in [-0.2, -0.15) is 0 Å².